The molecule has 4 nitrogen and oxygen atoms in total. The summed E-state index contributed by atoms with van der Waals surface area (Å²) in [6.07, 6.45) is 1.82. The summed E-state index contributed by atoms with van der Waals surface area (Å²) in [6, 6.07) is 16.4. The molecule has 0 saturated carbocycles. The Balaban J connectivity index is 1.67. The summed E-state index contributed by atoms with van der Waals surface area (Å²) in [7, 11) is 0. The van der Waals surface area contributed by atoms with Gasteiger partial charge in [0.05, 0.1) is 11.1 Å². The Morgan fingerprint density at radius 2 is 1.93 bits per heavy atom. The van der Waals surface area contributed by atoms with E-state index >= 15 is 0 Å². The van der Waals surface area contributed by atoms with Gasteiger partial charge < -0.3 is 9.47 Å². The van der Waals surface area contributed by atoms with Crippen molar-refractivity contribution in [2.24, 2.45) is 0 Å². The first-order valence-electron chi connectivity index (χ1n) is 8.73. The number of benzene rings is 2. The van der Waals surface area contributed by atoms with Crippen LogP contribution < -0.4 is 4.74 Å². The number of esters is 1. The number of hydrogen-bond acceptors (Lipinski definition) is 5. The fourth-order valence-corrected chi connectivity index (χ4v) is 3.84. The average Bonchev–Trinajstić information content (AvgIpc) is 3.16. The second-order valence-corrected chi connectivity index (χ2v) is 7.65. The van der Waals surface area contributed by atoms with Crippen LogP contribution in [0.25, 0.3) is 0 Å². The van der Waals surface area contributed by atoms with Gasteiger partial charge in [-0.3, -0.25) is 0 Å². The largest absolute Gasteiger partial charge is 0.485 e. The molecule has 0 N–H and O–H groups in total. The lowest BCUT2D eigenvalue weighted by molar-refractivity contribution is 0.0520. The maximum atomic E-state index is 11.7. The molecule has 0 bridgehead atoms. The highest BCUT2D eigenvalue weighted by atomic mass is 79.9. The molecule has 1 aromatic heterocycles. The van der Waals surface area contributed by atoms with Crippen molar-refractivity contribution >= 4 is 33.2 Å². The van der Waals surface area contributed by atoms with Crippen molar-refractivity contribution in [2.45, 2.75) is 26.4 Å². The molecule has 6 heteroatoms. The minimum absolute atomic E-state index is 0.311. The Kier molecular flexibility index (Phi) is 7.01. The number of ether oxygens (including phenoxy) is 2. The molecule has 1 heterocycles. The number of aromatic nitrogens is 1. The molecule has 27 heavy (non-hydrogen) atoms. The van der Waals surface area contributed by atoms with Gasteiger partial charge in [-0.15, -0.1) is 11.3 Å². The summed E-state index contributed by atoms with van der Waals surface area (Å²) >= 11 is 4.97. The second-order valence-electron chi connectivity index (χ2n) is 5.85. The fraction of sp³-hybridized carbons (Fsp3) is 0.238. The molecule has 140 valence electrons. The topological polar surface area (TPSA) is 48.4 Å². The predicted octanol–water partition coefficient (Wildman–Crippen LogP) is 5.45. The van der Waals surface area contributed by atoms with Gasteiger partial charge in [-0.05, 0) is 52.9 Å². The van der Waals surface area contributed by atoms with Gasteiger partial charge in [0, 0.05) is 5.38 Å². The highest BCUT2D eigenvalue weighted by Gasteiger charge is 2.14. The number of hydrogen-bond donors (Lipinski definition) is 0. The van der Waals surface area contributed by atoms with E-state index in [-0.39, 0.29) is 0 Å². The van der Waals surface area contributed by atoms with Crippen LogP contribution in [-0.4, -0.2) is 17.6 Å². The zero-order valence-corrected chi connectivity index (χ0v) is 17.4. The van der Waals surface area contributed by atoms with Gasteiger partial charge in [0.15, 0.2) is 5.69 Å². The highest BCUT2D eigenvalue weighted by Crippen LogP contribution is 2.31. The van der Waals surface area contributed by atoms with E-state index in [9.17, 15) is 4.79 Å². The van der Waals surface area contributed by atoms with E-state index < -0.39 is 5.97 Å². The molecule has 0 saturated heterocycles. The van der Waals surface area contributed by atoms with Crippen LogP contribution in [0.15, 0.2) is 58.4 Å². The average molecular weight is 446 g/mol. The summed E-state index contributed by atoms with van der Waals surface area (Å²) in [4.78, 5) is 16.0. The number of nitrogens with zero attached hydrogens (tertiary/aromatic N) is 1. The van der Waals surface area contributed by atoms with E-state index in [4.69, 9.17) is 9.47 Å². The summed E-state index contributed by atoms with van der Waals surface area (Å²) in [5, 5.41) is 2.44. The van der Waals surface area contributed by atoms with Gasteiger partial charge in [-0.1, -0.05) is 42.5 Å². The van der Waals surface area contributed by atoms with Crippen molar-refractivity contribution in [3.63, 3.8) is 0 Å². The summed E-state index contributed by atoms with van der Waals surface area (Å²) < 4.78 is 11.9. The lowest BCUT2D eigenvalue weighted by Crippen LogP contribution is -2.06. The van der Waals surface area contributed by atoms with Crippen LogP contribution in [0.5, 0.6) is 5.75 Å². The first-order chi connectivity index (χ1) is 13.2. The van der Waals surface area contributed by atoms with Crippen LogP contribution in [-0.2, 0) is 24.2 Å². The molecular weight excluding hydrogens is 426 g/mol. The molecule has 2 aromatic carbocycles. The Morgan fingerprint density at radius 1 is 1.11 bits per heavy atom. The van der Waals surface area contributed by atoms with Crippen LogP contribution in [0.4, 0.5) is 0 Å². The third-order valence-corrected chi connectivity index (χ3v) is 5.40. The number of thiazole rings is 1. The predicted molar refractivity (Wildman–Crippen MR) is 110 cm³/mol. The van der Waals surface area contributed by atoms with Gasteiger partial charge in [-0.25, -0.2) is 9.78 Å². The molecular formula is C21H20BrNO3S. The minimum atomic E-state index is -0.399. The zero-order valence-electron chi connectivity index (χ0n) is 15.0. The van der Waals surface area contributed by atoms with Crippen LogP contribution in [0, 0.1) is 0 Å². The Bertz CT molecular complexity index is 895. The molecule has 3 aromatic rings. The van der Waals surface area contributed by atoms with Crippen LogP contribution >= 0.6 is 27.3 Å². The van der Waals surface area contributed by atoms with Crippen molar-refractivity contribution in [2.75, 3.05) is 6.61 Å². The molecule has 0 aliphatic carbocycles. The number of halogens is 1. The van der Waals surface area contributed by atoms with Crippen LogP contribution in [0.3, 0.4) is 0 Å². The third-order valence-electron chi connectivity index (χ3n) is 3.95. The van der Waals surface area contributed by atoms with Crippen LogP contribution in [0.1, 0.15) is 33.5 Å². The van der Waals surface area contributed by atoms with Gasteiger partial charge in [0.2, 0.25) is 0 Å². The minimum Gasteiger partial charge on any atom is -0.485 e. The Hall–Kier alpha value is -2.18. The van der Waals surface area contributed by atoms with Crippen molar-refractivity contribution in [3.8, 4) is 5.75 Å². The normalized spacial score (nSPS) is 10.6. The number of carbonyl (C=O) groups is 1. The van der Waals surface area contributed by atoms with Crippen molar-refractivity contribution < 1.29 is 14.3 Å². The molecule has 0 radical (unpaired) electrons. The molecule has 0 amide bonds. The van der Waals surface area contributed by atoms with E-state index in [1.807, 2.05) is 18.2 Å². The fourth-order valence-electron chi connectivity index (χ4n) is 2.65. The van der Waals surface area contributed by atoms with E-state index in [1.165, 1.54) is 16.9 Å². The molecule has 0 spiro atoms. The van der Waals surface area contributed by atoms with E-state index in [2.05, 4.69) is 51.2 Å². The van der Waals surface area contributed by atoms with E-state index in [0.29, 0.717) is 18.9 Å². The molecule has 0 aliphatic heterocycles. The van der Waals surface area contributed by atoms with Gasteiger partial charge >= 0.3 is 5.97 Å². The molecule has 0 fully saturated rings. The summed E-state index contributed by atoms with van der Waals surface area (Å²) in [5.74, 6) is 0.422. The second kappa shape index (κ2) is 9.67. The van der Waals surface area contributed by atoms with Crippen molar-refractivity contribution in [1.82, 2.24) is 4.98 Å². The Morgan fingerprint density at radius 3 is 2.70 bits per heavy atom. The maximum Gasteiger partial charge on any atom is 0.357 e. The maximum absolute atomic E-state index is 11.7. The monoisotopic (exact) mass is 445 g/mol. The lowest BCUT2D eigenvalue weighted by Gasteiger charge is -2.12. The standard InChI is InChI=1S/C21H20BrNO3S/c1-2-25-21(24)18-14-27-19(23-18)13-26-20-16(9-6-10-17(20)22)12-11-15-7-4-3-5-8-15/h3-10,14H,2,11-13H2,1H3. The SMILES string of the molecule is CCOC(=O)c1csc(COc2c(Br)cccc2CCc2ccccc2)n1. The summed E-state index contributed by atoms with van der Waals surface area (Å²) in [5.41, 5.74) is 2.76. The number of para-hydroxylation sites is 1. The van der Waals surface area contributed by atoms with E-state index in [0.717, 1.165) is 33.6 Å². The first kappa shape index (κ1) is 19.6. The highest BCUT2D eigenvalue weighted by molar-refractivity contribution is 9.10. The summed E-state index contributed by atoms with van der Waals surface area (Å²) in [6.45, 7) is 2.42. The number of rotatable bonds is 8. The van der Waals surface area contributed by atoms with Gasteiger partial charge in [0.25, 0.3) is 0 Å². The third kappa shape index (κ3) is 5.40. The quantitative estimate of drug-likeness (QED) is 0.432. The van der Waals surface area contributed by atoms with Crippen molar-refractivity contribution in [1.29, 1.82) is 0 Å². The molecule has 3 rings (SSSR count). The molecule has 0 unspecified atom stereocenters. The van der Waals surface area contributed by atoms with Gasteiger partial charge in [0.1, 0.15) is 17.4 Å². The zero-order chi connectivity index (χ0) is 19.1. The smallest absolute Gasteiger partial charge is 0.357 e. The van der Waals surface area contributed by atoms with Crippen molar-refractivity contribution in [3.05, 3.63) is 80.2 Å². The van der Waals surface area contributed by atoms with Gasteiger partial charge in [-0.2, -0.15) is 0 Å². The Labute approximate surface area is 171 Å². The number of aryl methyl sites for hydroxylation is 2. The number of carbonyl (C=O) groups excluding carboxylic acids is 1. The lowest BCUT2D eigenvalue weighted by atomic mass is 10.0. The van der Waals surface area contributed by atoms with Crippen LogP contribution in [0.2, 0.25) is 0 Å². The molecule has 0 atom stereocenters. The molecule has 0 aliphatic rings. The van der Waals surface area contributed by atoms with E-state index in [1.54, 1.807) is 12.3 Å². The first-order valence-corrected chi connectivity index (χ1v) is 10.4.